The lowest BCUT2D eigenvalue weighted by atomic mass is 9.96. The Morgan fingerprint density at radius 3 is 0.867 bits per heavy atom. The zero-order chi connectivity index (χ0) is 22.0. The van der Waals surface area contributed by atoms with Crippen molar-refractivity contribution >= 4 is 21.5 Å². The standard InChI is InChI=1S/C22H26O8/c1-23-11-9-10-12(24-2)14-13(11)17(25-3)15-16(18(14)26-4)20(28-6)22(30-8)21(29-7)19(15)27-5/h9-10H,1-8H3. The van der Waals surface area contributed by atoms with Crippen LogP contribution in [0.15, 0.2) is 12.1 Å². The van der Waals surface area contributed by atoms with Crippen LogP contribution in [0, 0.1) is 0 Å². The highest BCUT2D eigenvalue weighted by molar-refractivity contribution is 6.20. The summed E-state index contributed by atoms with van der Waals surface area (Å²) in [4.78, 5) is 0. The van der Waals surface area contributed by atoms with E-state index in [4.69, 9.17) is 37.9 Å². The van der Waals surface area contributed by atoms with Crippen LogP contribution in [-0.4, -0.2) is 56.9 Å². The van der Waals surface area contributed by atoms with Gasteiger partial charge in [0.15, 0.2) is 11.5 Å². The molecule has 0 saturated carbocycles. The Balaban J connectivity index is 2.83. The van der Waals surface area contributed by atoms with Gasteiger partial charge in [0.25, 0.3) is 0 Å². The largest absolute Gasteiger partial charge is 0.496 e. The molecule has 0 heterocycles. The first-order valence-corrected chi connectivity index (χ1v) is 9.06. The van der Waals surface area contributed by atoms with Crippen molar-refractivity contribution in [2.24, 2.45) is 0 Å². The molecule has 0 bridgehead atoms. The SMILES string of the molecule is COc1c(OC)c(OC)c2c(OC)c3c(OC)ccc(OC)c3c(OC)c2c1OC. The van der Waals surface area contributed by atoms with Gasteiger partial charge in [-0.15, -0.1) is 0 Å². The third kappa shape index (κ3) is 2.82. The van der Waals surface area contributed by atoms with E-state index in [1.54, 1.807) is 54.8 Å². The summed E-state index contributed by atoms with van der Waals surface area (Å²) in [6.07, 6.45) is 0. The number of hydrogen-bond donors (Lipinski definition) is 0. The van der Waals surface area contributed by atoms with E-state index in [1.165, 1.54) is 14.2 Å². The highest BCUT2D eigenvalue weighted by atomic mass is 16.5. The second-order valence-corrected chi connectivity index (χ2v) is 6.17. The molecule has 30 heavy (non-hydrogen) atoms. The summed E-state index contributed by atoms with van der Waals surface area (Å²) in [6, 6.07) is 3.61. The van der Waals surface area contributed by atoms with Gasteiger partial charge < -0.3 is 37.9 Å². The summed E-state index contributed by atoms with van der Waals surface area (Å²) in [5, 5.41) is 2.50. The van der Waals surface area contributed by atoms with Crippen LogP contribution in [0.25, 0.3) is 21.5 Å². The fourth-order valence-electron chi connectivity index (χ4n) is 3.87. The molecule has 162 valence electrons. The molecular weight excluding hydrogens is 392 g/mol. The van der Waals surface area contributed by atoms with Gasteiger partial charge >= 0.3 is 0 Å². The minimum atomic E-state index is 0.367. The van der Waals surface area contributed by atoms with Crippen molar-refractivity contribution in [3.63, 3.8) is 0 Å². The average molecular weight is 418 g/mol. The third-order valence-corrected chi connectivity index (χ3v) is 5.02. The van der Waals surface area contributed by atoms with Crippen LogP contribution in [-0.2, 0) is 0 Å². The topological polar surface area (TPSA) is 73.8 Å². The van der Waals surface area contributed by atoms with Gasteiger partial charge in [-0.1, -0.05) is 0 Å². The summed E-state index contributed by atoms with van der Waals surface area (Å²) in [7, 11) is 12.5. The summed E-state index contributed by atoms with van der Waals surface area (Å²) in [6.45, 7) is 0. The molecule has 3 rings (SSSR count). The molecular formula is C22H26O8. The first kappa shape index (κ1) is 21.3. The van der Waals surface area contributed by atoms with Crippen LogP contribution in [0.4, 0.5) is 0 Å². The second kappa shape index (κ2) is 8.52. The smallest absolute Gasteiger partial charge is 0.208 e. The van der Waals surface area contributed by atoms with E-state index in [0.717, 1.165) is 0 Å². The van der Waals surface area contributed by atoms with E-state index in [2.05, 4.69) is 0 Å². The third-order valence-electron chi connectivity index (χ3n) is 5.02. The number of hydrogen-bond acceptors (Lipinski definition) is 8. The Morgan fingerprint density at radius 1 is 0.333 bits per heavy atom. The maximum Gasteiger partial charge on any atom is 0.208 e. The lowest BCUT2D eigenvalue weighted by Crippen LogP contribution is -2.03. The van der Waals surface area contributed by atoms with Gasteiger partial charge in [-0.2, -0.15) is 0 Å². The van der Waals surface area contributed by atoms with E-state index < -0.39 is 0 Å². The molecule has 0 aliphatic carbocycles. The van der Waals surface area contributed by atoms with Gasteiger partial charge in [0, 0.05) is 0 Å². The Kier molecular flexibility index (Phi) is 6.05. The summed E-state index contributed by atoms with van der Waals surface area (Å²) >= 11 is 0. The van der Waals surface area contributed by atoms with Crippen molar-refractivity contribution in [1.82, 2.24) is 0 Å². The van der Waals surface area contributed by atoms with Gasteiger partial charge in [0.1, 0.15) is 23.0 Å². The molecule has 0 aliphatic rings. The molecule has 0 atom stereocenters. The van der Waals surface area contributed by atoms with Crippen molar-refractivity contribution in [1.29, 1.82) is 0 Å². The first-order valence-electron chi connectivity index (χ1n) is 9.06. The molecule has 0 amide bonds. The quantitative estimate of drug-likeness (QED) is 0.507. The lowest BCUT2D eigenvalue weighted by Gasteiger charge is -2.24. The number of ether oxygens (including phenoxy) is 8. The second-order valence-electron chi connectivity index (χ2n) is 6.17. The maximum absolute atomic E-state index is 5.87. The molecule has 0 fully saturated rings. The van der Waals surface area contributed by atoms with Crippen LogP contribution in [0.2, 0.25) is 0 Å². The van der Waals surface area contributed by atoms with Crippen molar-refractivity contribution in [2.45, 2.75) is 0 Å². The molecule has 0 aliphatic heterocycles. The predicted molar refractivity (Wildman–Crippen MR) is 114 cm³/mol. The Bertz CT molecular complexity index is 1000. The van der Waals surface area contributed by atoms with Crippen LogP contribution in [0.1, 0.15) is 0 Å². The number of fused-ring (bicyclic) bond motifs is 2. The minimum absolute atomic E-state index is 0.367. The van der Waals surface area contributed by atoms with E-state index in [1.807, 2.05) is 0 Å². The van der Waals surface area contributed by atoms with Gasteiger partial charge in [0.2, 0.25) is 11.5 Å². The van der Waals surface area contributed by atoms with Crippen LogP contribution in [0.5, 0.6) is 46.0 Å². The fourth-order valence-corrected chi connectivity index (χ4v) is 3.87. The lowest BCUT2D eigenvalue weighted by molar-refractivity contribution is 0.308. The number of rotatable bonds is 8. The fraction of sp³-hybridized carbons (Fsp3) is 0.364. The summed E-state index contributed by atoms with van der Waals surface area (Å²) in [5.41, 5.74) is 0. The molecule has 0 spiro atoms. The number of benzene rings is 3. The molecule has 3 aromatic carbocycles. The molecule has 3 aromatic rings. The van der Waals surface area contributed by atoms with Crippen LogP contribution < -0.4 is 37.9 Å². The molecule has 8 heteroatoms. The molecule has 0 radical (unpaired) electrons. The summed E-state index contributed by atoms with van der Waals surface area (Å²) in [5.74, 6) is 3.70. The predicted octanol–water partition coefficient (Wildman–Crippen LogP) is 4.06. The Hall–Kier alpha value is -3.42. The average Bonchev–Trinajstić information content (AvgIpc) is 2.79. The maximum atomic E-state index is 5.87. The van der Waals surface area contributed by atoms with Gasteiger partial charge in [0.05, 0.1) is 78.4 Å². The highest BCUT2D eigenvalue weighted by Crippen LogP contribution is 2.60. The van der Waals surface area contributed by atoms with Crippen molar-refractivity contribution in [3.05, 3.63) is 12.1 Å². The van der Waals surface area contributed by atoms with Crippen molar-refractivity contribution in [2.75, 3.05) is 56.9 Å². The van der Waals surface area contributed by atoms with Gasteiger partial charge in [-0.25, -0.2) is 0 Å². The number of methoxy groups -OCH3 is 8. The molecule has 0 N–H and O–H groups in total. The molecule has 0 unspecified atom stereocenters. The van der Waals surface area contributed by atoms with E-state index in [9.17, 15) is 0 Å². The highest BCUT2D eigenvalue weighted by Gasteiger charge is 2.32. The minimum Gasteiger partial charge on any atom is -0.496 e. The van der Waals surface area contributed by atoms with E-state index >= 15 is 0 Å². The molecule has 0 saturated heterocycles. The van der Waals surface area contributed by atoms with Crippen LogP contribution >= 0.6 is 0 Å². The van der Waals surface area contributed by atoms with Gasteiger partial charge in [-0.05, 0) is 12.1 Å². The van der Waals surface area contributed by atoms with Crippen molar-refractivity contribution < 1.29 is 37.9 Å². The Morgan fingerprint density at radius 2 is 0.633 bits per heavy atom. The first-order chi connectivity index (χ1) is 14.6. The van der Waals surface area contributed by atoms with Gasteiger partial charge in [-0.3, -0.25) is 0 Å². The normalized spacial score (nSPS) is 10.7. The Labute approximate surface area is 175 Å². The summed E-state index contributed by atoms with van der Waals surface area (Å²) < 4.78 is 45.7. The van der Waals surface area contributed by atoms with E-state index in [-0.39, 0.29) is 0 Å². The van der Waals surface area contributed by atoms with E-state index in [0.29, 0.717) is 67.5 Å². The molecule has 0 aromatic heterocycles. The zero-order valence-electron chi connectivity index (χ0n) is 18.4. The molecule has 8 nitrogen and oxygen atoms in total. The van der Waals surface area contributed by atoms with Crippen molar-refractivity contribution in [3.8, 4) is 46.0 Å². The zero-order valence-corrected chi connectivity index (χ0v) is 18.4. The van der Waals surface area contributed by atoms with Crippen LogP contribution in [0.3, 0.4) is 0 Å². The monoisotopic (exact) mass is 418 g/mol.